The van der Waals surface area contributed by atoms with Crippen LogP contribution in [0, 0.1) is 0 Å². The van der Waals surface area contributed by atoms with Gasteiger partial charge < -0.3 is 19.1 Å². The summed E-state index contributed by atoms with van der Waals surface area (Å²) in [5.74, 6) is 1.25. The van der Waals surface area contributed by atoms with E-state index in [0.717, 1.165) is 24.8 Å². The Morgan fingerprint density at radius 2 is 1.73 bits per heavy atom. The van der Waals surface area contributed by atoms with Gasteiger partial charge in [-0.15, -0.1) is 0 Å². The number of hydrogen-bond donors (Lipinski definition) is 0. The van der Waals surface area contributed by atoms with Gasteiger partial charge in [0, 0.05) is 43.7 Å². The van der Waals surface area contributed by atoms with Crippen LogP contribution in [0.5, 0.6) is 0 Å². The number of hydrogen-bond acceptors (Lipinski definition) is 6. The van der Waals surface area contributed by atoms with E-state index in [4.69, 9.17) is 14.2 Å². The Hall–Kier alpha value is -3.68. The van der Waals surface area contributed by atoms with Gasteiger partial charge >= 0.3 is 6.09 Å². The third kappa shape index (κ3) is 5.38. The van der Waals surface area contributed by atoms with E-state index in [9.17, 15) is 9.59 Å². The fourth-order valence-electron chi connectivity index (χ4n) is 4.72. The lowest BCUT2D eigenvalue weighted by molar-refractivity contribution is 0.0208. The van der Waals surface area contributed by atoms with Crippen molar-refractivity contribution < 1.29 is 18.8 Å². The van der Waals surface area contributed by atoms with Crippen LogP contribution in [0.1, 0.15) is 67.7 Å². The maximum Gasteiger partial charge on any atom is 0.410 e. The zero-order valence-corrected chi connectivity index (χ0v) is 22.1. The number of aromatic nitrogens is 2. The summed E-state index contributed by atoms with van der Waals surface area (Å²) in [5, 5.41) is 4.32. The normalized spacial score (nSPS) is 19.7. The third-order valence-corrected chi connectivity index (χ3v) is 7.02. The van der Waals surface area contributed by atoms with Crippen LogP contribution < -0.4 is 0 Å². The molecule has 0 unspecified atom stereocenters. The molecule has 2 aromatic carbocycles. The molecule has 2 saturated carbocycles. The number of amides is 2. The predicted octanol–water partition coefficient (Wildman–Crippen LogP) is 5.26. The molecule has 2 amide bonds. The molecule has 0 aliphatic heterocycles. The minimum Gasteiger partial charge on any atom is -0.444 e. The first-order chi connectivity index (χ1) is 17.6. The van der Waals surface area contributed by atoms with E-state index in [0.29, 0.717) is 29.7 Å². The van der Waals surface area contributed by atoms with Crippen LogP contribution in [0.2, 0.25) is 0 Å². The maximum absolute atomic E-state index is 13.3. The number of nitrogens with zero attached hydrogens (tertiary/aromatic N) is 4. The Bertz CT molecular complexity index is 1270. The number of carbonyl (C=O) groups is 2. The Morgan fingerprint density at radius 3 is 2.32 bits per heavy atom. The van der Waals surface area contributed by atoms with E-state index in [1.54, 1.807) is 26.2 Å². The maximum atomic E-state index is 13.3. The summed E-state index contributed by atoms with van der Waals surface area (Å²) < 4.78 is 11.4. The molecule has 2 fully saturated rings. The summed E-state index contributed by atoms with van der Waals surface area (Å²) in [6.45, 7) is 6.16. The van der Waals surface area contributed by atoms with E-state index in [1.807, 2.05) is 56.0 Å². The SMILES string of the molecule is CN(C)C(=O)c1ccc(-c2nc(C3(CN(C(=O)OC(C)(C)C)[C@H]4C[C@@H]4c4ccccc4)CC3)no2)cc1. The zero-order chi connectivity index (χ0) is 26.4. The van der Waals surface area contributed by atoms with Gasteiger partial charge in [0.1, 0.15) is 5.60 Å². The van der Waals surface area contributed by atoms with Crippen LogP contribution >= 0.6 is 0 Å². The molecule has 3 aromatic rings. The average Bonchev–Trinajstić information content (AvgIpc) is 3.78. The van der Waals surface area contributed by atoms with Crippen molar-refractivity contribution in [3.05, 3.63) is 71.5 Å². The van der Waals surface area contributed by atoms with Crippen molar-refractivity contribution in [2.75, 3.05) is 20.6 Å². The monoisotopic (exact) mass is 502 g/mol. The molecule has 194 valence electrons. The molecule has 2 aliphatic rings. The number of benzene rings is 2. The molecule has 5 rings (SSSR count). The largest absolute Gasteiger partial charge is 0.444 e. The molecule has 2 aliphatic carbocycles. The minimum atomic E-state index is -0.581. The molecule has 8 heteroatoms. The molecule has 8 nitrogen and oxygen atoms in total. The molecular weight excluding hydrogens is 468 g/mol. The Balaban J connectivity index is 1.35. The predicted molar refractivity (Wildman–Crippen MR) is 139 cm³/mol. The fourth-order valence-corrected chi connectivity index (χ4v) is 4.72. The van der Waals surface area contributed by atoms with Crippen molar-refractivity contribution >= 4 is 12.0 Å². The number of rotatable bonds is 7. The van der Waals surface area contributed by atoms with Crippen molar-refractivity contribution in [1.82, 2.24) is 19.9 Å². The van der Waals surface area contributed by atoms with Gasteiger partial charge in [0.15, 0.2) is 5.82 Å². The Morgan fingerprint density at radius 1 is 1.05 bits per heavy atom. The molecule has 1 heterocycles. The lowest BCUT2D eigenvalue weighted by Gasteiger charge is -2.30. The summed E-state index contributed by atoms with van der Waals surface area (Å²) in [6, 6.07) is 17.6. The quantitative estimate of drug-likeness (QED) is 0.438. The van der Waals surface area contributed by atoms with Gasteiger partial charge in [-0.1, -0.05) is 35.5 Å². The lowest BCUT2D eigenvalue weighted by Crippen LogP contribution is -2.43. The molecular formula is C29H34N4O4. The first kappa shape index (κ1) is 25.0. The average molecular weight is 503 g/mol. The highest BCUT2D eigenvalue weighted by Gasteiger charge is 2.55. The fraction of sp³-hybridized carbons (Fsp3) is 0.448. The molecule has 0 N–H and O–H groups in total. The summed E-state index contributed by atoms with van der Waals surface area (Å²) >= 11 is 0. The molecule has 0 saturated heterocycles. The summed E-state index contributed by atoms with van der Waals surface area (Å²) in [7, 11) is 3.44. The van der Waals surface area contributed by atoms with E-state index in [-0.39, 0.29) is 23.5 Å². The second-order valence-corrected chi connectivity index (χ2v) is 11.4. The van der Waals surface area contributed by atoms with Crippen molar-refractivity contribution in [3.8, 4) is 11.5 Å². The van der Waals surface area contributed by atoms with Gasteiger partial charge in [-0.05, 0) is 69.9 Å². The van der Waals surface area contributed by atoms with Crippen molar-refractivity contribution in [2.24, 2.45) is 0 Å². The molecule has 2 atom stereocenters. The third-order valence-electron chi connectivity index (χ3n) is 7.02. The van der Waals surface area contributed by atoms with Crippen LogP contribution in [0.3, 0.4) is 0 Å². The zero-order valence-electron chi connectivity index (χ0n) is 22.1. The Labute approximate surface area is 217 Å². The highest BCUT2D eigenvalue weighted by Crippen LogP contribution is 2.52. The standard InChI is InChI=1S/C29H34N4O4/c1-28(2,3)36-27(35)33(23-17-22(23)19-9-7-6-8-10-19)18-29(15-16-29)26-30-24(37-31-26)20-11-13-21(14-12-20)25(34)32(4)5/h6-14,22-23H,15-18H2,1-5H3/t22-,23+/m1/s1. The summed E-state index contributed by atoms with van der Waals surface area (Å²) in [4.78, 5) is 33.6. The topological polar surface area (TPSA) is 88.8 Å². The number of carbonyl (C=O) groups excluding carboxylic acids is 2. The van der Waals surface area contributed by atoms with Crippen LogP contribution in [0.4, 0.5) is 4.79 Å². The second kappa shape index (κ2) is 9.32. The van der Waals surface area contributed by atoms with Crippen LogP contribution in [-0.4, -0.2) is 64.2 Å². The van der Waals surface area contributed by atoms with Crippen molar-refractivity contribution in [1.29, 1.82) is 0 Å². The molecule has 1 aromatic heterocycles. The molecule has 0 spiro atoms. The van der Waals surface area contributed by atoms with Gasteiger partial charge in [-0.25, -0.2) is 4.79 Å². The van der Waals surface area contributed by atoms with Crippen LogP contribution in [0.25, 0.3) is 11.5 Å². The minimum absolute atomic E-state index is 0.0641. The second-order valence-electron chi connectivity index (χ2n) is 11.4. The van der Waals surface area contributed by atoms with Crippen molar-refractivity contribution in [2.45, 2.75) is 63.0 Å². The Kier molecular flexibility index (Phi) is 6.30. The van der Waals surface area contributed by atoms with Crippen LogP contribution in [-0.2, 0) is 10.2 Å². The smallest absolute Gasteiger partial charge is 0.410 e. The molecule has 37 heavy (non-hydrogen) atoms. The van der Waals surface area contributed by atoms with Gasteiger partial charge in [0.05, 0.1) is 5.41 Å². The lowest BCUT2D eigenvalue weighted by atomic mass is 10.1. The van der Waals surface area contributed by atoms with Crippen LogP contribution in [0.15, 0.2) is 59.1 Å². The van der Waals surface area contributed by atoms with Gasteiger partial charge in [-0.2, -0.15) is 4.98 Å². The first-order valence-electron chi connectivity index (χ1n) is 12.8. The highest BCUT2D eigenvalue weighted by atomic mass is 16.6. The van der Waals surface area contributed by atoms with Gasteiger partial charge in [0.25, 0.3) is 11.8 Å². The van der Waals surface area contributed by atoms with Gasteiger partial charge in [0.2, 0.25) is 0 Å². The number of ether oxygens (including phenoxy) is 1. The van der Waals surface area contributed by atoms with E-state index in [2.05, 4.69) is 17.3 Å². The summed E-state index contributed by atoms with van der Waals surface area (Å²) in [6.07, 6.45) is 2.37. The van der Waals surface area contributed by atoms with Crippen molar-refractivity contribution in [3.63, 3.8) is 0 Å². The van der Waals surface area contributed by atoms with E-state index < -0.39 is 5.60 Å². The highest BCUT2D eigenvalue weighted by molar-refractivity contribution is 5.94. The molecule has 0 radical (unpaired) electrons. The van der Waals surface area contributed by atoms with E-state index in [1.165, 1.54) is 10.5 Å². The van der Waals surface area contributed by atoms with E-state index >= 15 is 0 Å². The molecule has 0 bridgehead atoms. The first-order valence-corrected chi connectivity index (χ1v) is 12.8. The summed E-state index contributed by atoms with van der Waals surface area (Å²) in [5.41, 5.74) is 1.66. The van der Waals surface area contributed by atoms with Gasteiger partial charge in [-0.3, -0.25) is 4.79 Å².